The van der Waals surface area contributed by atoms with Crippen LogP contribution in [0.1, 0.15) is 5.56 Å². The molecule has 17 heavy (non-hydrogen) atoms. The van der Waals surface area contributed by atoms with E-state index in [1.165, 1.54) is 0 Å². The van der Waals surface area contributed by atoms with Crippen LogP contribution in [0.4, 0.5) is 0 Å². The molecule has 0 aliphatic carbocycles. The molecule has 86 valence electrons. The van der Waals surface area contributed by atoms with Crippen molar-refractivity contribution < 1.29 is 4.74 Å². The summed E-state index contributed by atoms with van der Waals surface area (Å²) >= 11 is 3.34. The fourth-order valence-electron chi connectivity index (χ4n) is 1.42. The highest BCUT2D eigenvalue weighted by atomic mass is 79.9. The molecule has 0 saturated carbocycles. The largest absolute Gasteiger partial charge is 0.457 e. The number of ether oxygens (including phenoxy) is 1. The second kappa shape index (κ2) is 5.01. The standard InChI is InChI=1S/C13H11BrN2O/c14-9-6-7-12(11(8-9)13(15)16)17-10-4-2-1-3-5-10/h1-8H,(H3,15,16). The molecule has 4 heteroatoms. The van der Waals surface area contributed by atoms with E-state index in [0.717, 1.165) is 10.2 Å². The zero-order valence-corrected chi connectivity index (χ0v) is 10.6. The summed E-state index contributed by atoms with van der Waals surface area (Å²) < 4.78 is 6.55. The van der Waals surface area contributed by atoms with E-state index in [1.54, 1.807) is 12.1 Å². The van der Waals surface area contributed by atoms with E-state index >= 15 is 0 Å². The highest BCUT2D eigenvalue weighted by Crippen LogP contribution is 2.27. The molecule has 0 unspecified atom stereocenters. The molecule has 0 aromatic heterocycles. The third-order valence-corrected chi connectivity index (χ3v) is 2.70. The first-order chi connectivity index (χ1) is 8.16. The van der Waals surface area contributed by atoms with Gasteiger partial charge in [-0.15, -0.1) is 0 Å². The summed E-state index contributed by atoms with van der Waals surface area (Å²) in [5, 5.41) is 7.52. The van der Waals surface area contributed by atoms with Gasteiger partial charge in [0.05, 0.1) is 5.56 Å². The van der Waals surface area contributed by atoms with E-state index < -0.39 is 0 Å². The Kier molecular flexibility index (Phi) is 3.44. The third-order valence-electron chi connectivity index (χ3n) is 2.20. The molecule has 0 radical (unpaired) electrons. The van der Waals surface area contributed by atoms with Crippen molar-refractivity contribution in [3.05, 3.63) is 58.6 Å². The van der Waals surface area contributed by atoms with Gasteiger partial charge < -0.3 is 10.5 Å². The molecule has 3 nitrogen and oxygen atoms in total. The molecule has 0 amide bonds. The molecular weight excluding hydrogens is 280 g/mol. The van der Waals surface area contributed by atoms with E-state index in [0.29, 0.717) is 11.3 Å². The van der Waals surface area contributed by atoms with Gasteiger partial charge in [0, 0.05) is 4.47 Å². The molecule has 0 atom stereocenters. The molecule has 0 saturated heterocycles. The van der Waals surface area contributed by atoms with Crippen LogP contribution < -0.4 is 10.5 Å². The molecule has 0 aliphatic rings. The summed E-state index contributed by atoms with van der Waals surface area (Å²) in [5.41, 5.74) is 6.09. The van der Waals surface area contributed by atoms with Gasteiger partial charge in [-0.3, -0.25) is 5.41 Å². The fourth-order valence-corrected chi connectivity index (χ4v) is 1.78. The molecule has 2 rings (SSSR count). The van der Waals surface area contributed by atoms with Gasteiger partial charge in [-0.2, -0.15) is 0 Å². The molecule has 0 spiro atoms. The zero-order valence-electron chi connectivity index (χ0n) is 8.98. The quantitative estimate of drug-likeness (QED) is 0.671. The van der Waals surface area contributed by atoms with Crippen LogP contribution in [-0.4, -0.2) is 5.84 Å². The summed E-state index contributed by atoms with van der Waals surface area (Å²) in [6, 6.07) is 14.8. The average molecular weight is 291 g/mol. The smallest absolute Gasteiger partial charge is 0.138 e. The Hall–Kier alpha value is -1.81. The third kappa shape index (κ3) is 2.85. The van der Waals surface area contributed by atoms with Gasteiger partial charge >= 0.3 is 0 Å². The van der Waals surface area contributed by atoms with E-state index in [-0.39, 0.29) is 5.84 Å². The number of para-hydroxylation sites is 1. The Labute approximate surface area is 108 Å². The lowest BCUT2D eigenvalue weighted by Crippen LogP contribution is -2.12. The maximum atomic E-state index is 7.52. The van der Waals surface area contributed by atoms with Crippen LogP contribution in [0.2, 0.25) is 0 Å². The van der Waals surface area contributed by atoms with Crippen LogP contribution in [0.3, 0.4) is 0 Å². The van der Waals surface area contributed by atoms with Crippen LogP contribution in [-0.2, 0) is 0 Å². The minimum absolute atomic E-state index is 0.0165. The van der Waals surface area contributed by atoms with Gasteiger partial charge in [-0.1, -0.05) is 34.1 Å². The van der Waals surface area contributed by atoms with Gasteiger partial charge in [0.2, 0.25) is 0 Å². The van der Waals surface area contributed by atoms with E-state index in [9.17, 15) is 0 Å². The molecule has 0 fully saturated rings. The number of hydrogen-bond acceptors (Lipinski definition) is 2. The summed E-state index contributed by atoms with van der Waals surface area (Å²) in [4.78, 5) is 0. The van der Waals surface area contributed by atoms with Crippen molar-refractivity contribution in [2.75, 3.05) is 0 Å². The lowest BCUT2D eigenvalue weighted by Gasteiger charge is -2.10. The normalized spacial score (nSPS) is 9.94. The second-order valence-corrected chi connectivity index (χ2v) is 4.38. The summed E-state index contributed by atoms with van der Waals surface area (Å²) in [7, 11) is 0. The Balaban J connectivity index is 2.36. The Morgan fingerprint density at radius 3 is 2.47 bits per heavy atom. The number of halogens is 1. The Morgan fingerprint density at radius 2 is 1.82 bits per heavy atom. The number of nitrogens with two attached hydrogens (primary N) is 1. The molecule has 3 N–H and O–H groups in total. The number of benzene rings is 2. The van der Waals surface area contributed by atoms with Crippen molar-refractivity contribution in [1.29, 1.82) is 5.41 Å². The van der Waals surface area contributed by atoms with Crippen LogP contribution in [0.5, 0.6) is 11.5 Å². The highest BCUT2D eigenvalue weighted by molar-refractivity contribution is 9.10. The molecule has 0 aliphatic heterocycles. The Bertz CT molecular complexity index is 540. The number of hydrogen-bond donors (Lipinski definition) is 2. The van der Waals surface area contributed by atoms with Crippen molar-refractivity contribution in [1.82, 2.24) is 0 Å². The summed E-state index contributed by atoms with van der Waals surface area (Å²) in [6.07, 6.45) is 0. The number of nitrogen functional groups attached to an aromatic ring is 1. The van der Waals surface area contributed by atoms with Crippen molar-refractivity contribution in [3.8, 4) is 11.5 Å². The fraction of sp³-hybridized carbons (Fsp3) is 0. The number of rotatable bonds is 3. The minimum Gasteiger partial charge on any atom is -0.457 e. The van der Waals surface area contributed by atoms with Crippen molar-refractivity contribution in [2.45, 2.75) is 0 Å². The highest BCUT2D eigenvalue weighted by Gasteiger charge is 2.08. The van der Waals surface area contributed by atoms with Crippen molar-refractivity contribution >= 4 is 21.8 Å². The zero-order chi connectivity index (χ0) is 12.3. The van der Waals surface area contributed by atoms with Gasteiger partial charge in [-0.05, 0) is 30.3 Å². The van der Waals surface area contributed by atoms with Gasteiger partial charge in [0.25, 0.3) is 0 Å². The lowest BCUT2D eigenvalue weighted by atomic mass is 10.2. The predicted molar refractivity (Wildman–Crippen MR) is 71.7 cm³/mol. The van der Waals surface area contributed by atoms with E-state index in [4.69, 9.17) is 15.9 Å². The first kappa shape index (κ1) is 11.7. The Morgan fingerprint density at radius 1 is 1.12 bits per heavy atom. The van der Waals surface area contributed by atoms with Gasteiger partial charge in [0.1, 0.15) is 17.3 Å². The number of nitrogens with one attached hydrogen (secondary N) is 1. The molecule has 0 heterocycles. The SMILES string of the molecule is N=C(N)c1cc(Br)ccc1Oc1ccccc1. The van der Waals surface area contributed by atoms with Crippen LogP contribution in [0.25, 0.3) is 0 Å². The van der Waals surface area contributed by atoms with Crippen molar-refractivity contribution in [3.63, 3.8) is 0 Å². The molecule has 2 aromatic carbocycles. The summed E-state index contributed by atoms with van der Waals surface area (Å²) in [5.74, 6) is 1.28. The first-order valence-electron chi connectivity index (χ1n) is 5.03. The van der Waals surface area contributed by atoms with Crippen LogP contribution in [0, 0.1) is 5.41 Å². The van der Waals surface area contributed by atoms with E-state index in [2.05, 4.69) is 15.9 Å². The van der Waals surface area contributed by atoms with Gasteiger partial charge in [-0.25, -0.2) is 0 Å². The number of amidine groups is 1. The monoisotopic (exact) mass is 290 g/mol. The average Bonchev–Trinajstić information content (AvgIpc) is 2.32. The summed E-state index contributed by atoms with van der Waals surface area (Å²) in [6.45, 7) is 0. The molecule has 0 bridgehead atoms. The molecular formula is C13H11BrN2O. The first-order valence-corrected chi connectivity index (χ1v) is 5.83. The van der Waals surface area contributed by atoms with Crippen molar-refractivity contribution in [2.24, 2.45) is 5.73 Å². The van der Waals surface area contributed by atoms with Crippen LogP contribution in [0.15, 0.2) is 53.0 Å². The topological polar surface area (TPSA) is 59.1 Å². The molecule has 2 aromatic rings. The second-order valence-electron chi connectivity index (χ2n) is 3.47. The minimum atomic E-state index is -0.0165. The lowest BCUT2D eigenvalue weighted by molar-refractivity contribution is 0.481. The maximum Gasteiger partial charge on any atom is 0.138 e. The van der Waals surface area contributed by atoms with E-state index in [1.807, 2.05) is 36.4 Å². The van der Waals surface area contributed by atoms with Gasteiger partial charge in [0.15, 0.2) is 0 Å². The van der Waals surface area contributed by atoms with Crippen LogP contribution >= 0.6 is 15.9 Å². The predicted octanol–water partition coefficient (Wildman–Crippen LogP) is 3.53. The maximum absolute atomic E-state index is 7.52.